The number of carbonyl (C=O) groups is 4. The summed E-state index contributed by atoms with van der Waals surface area (Å²) >= 11 is 3.09. The Morgan fingerprint density at radius 2 is 2.04 bits per heavy atom. The van der Waals surface area contributed by atoms with E-state index in [0.29, 0.717) is 9.48 Å². The van der Waals surface area contributed by atoms with Crippen LogP contribution in [0.1, 0.15) is 27.2 Å². The van der Waals surface area contributed by atoms with Gasteiger partial charge in [0.1, 0.15) is 11.4 Å². The SMILES string of the molecule is CCOC(=O)CC1(C(C)C)NC(=O)N(NC(=O)Nc2ccc(Br)cc2F)C1=O. The normalized spacial score (nSPS) is 18.9. The van der Waals surface area contributed by atoms with Gasteiger partial charge in [-0.25, -0.2) is 19.4 Å². The molecule has 0 spiro atoms. The van der Waals surface area contributed by atoms with Gasteiger partial charge in [-0.2, -0.15) is 5.01 Å². The van der Waals surface area contributed by atoms with Crippen LogP contribution in [0.25, 0.3) is 0 Å². The average Bonchev–Trinajstić information content (AvgIpc) is 2.83. The van der Waals surface area contributed by atoms with Crippen molar-refractivity contribution < 1.29 is 28.3 Å². The van der Waals surface area contributed by atoms with Crippen LogP contribution in [0.5, 0.6) is 0 Å². The lowest BCUT2D eigenvalue weighted by atomic mass is 9.83. The first-order valence-electron chi connectivity index (χ1n) is 8.45. The molecular formula is C17H20BrFN4O5. The Hall–Kier alpha value is -2.69. The molecule has 3 N–H and O–H groups in total. The van der Waals surface area contributed by atoms with Gasteiger partial charge in [0.15, 0.2) is 0 Å². The molecule has 0 aromatic heterocycles. The molecule has 0 radical (unpaired) electrons. The molecule has 1 aromatic rings. The topological polar surface area (TPSA) is 117 Å². The lowest BCUT2D eigenvalue weighted by Crippen LogP contribution is -2.54. The van der Waals surface area contributed by atoms with Crippen molar-refractivity contribution in [3.8, 4) is 0 Å². The third-order valence-electron chi connectivity index (χ3n) is 4.22. The molecule has 11 heteroatoms. The lowest BCUT2D eigenvalue weighted by molar-refractivity contribution is -0.149. The first-order chi connectivity index (χ1) is 13.1. The van der Waals surface area contributed by atoms with Gasteiger partial charge < -0.3 is 15.4 Å². The first-order valence-corrected chi connectivity index (χ1v) is 9.25. The largest absolute Gasteiger partial charge is 0.466 e. The quantitative estimate of drug-likeness (QED) is 0.447. The second-order valence-electron chi connectivity index (χ2n) is 6.37. The number of rotatable bonds is 6. The van der Waals surface area contributed by atoms with E-state index in [0.717, 1.165) is 6.07 Å². The zero-order valence-corrected chi connectivity index (χ0v) is 17.1. The van der Waals surface area contributed by atoms with Gasteiger partial charge in [-0.1, -0.05) is 29.8 Å². The van der Waals surface area contributed by atoms with Crippen LogP contribution in [0, 0.1) is 11.7 Å². The van der Waals surface area contributed by atoms with Crippen LogP contribution in [-0.2, 0) is 14.3 Å². The summed E-state index contributed by atoms with van der Waals surface area (Å²) in [6.07, 6.45) is -0.385. The van der Waals surface area contributed by atoms with E-state index in [-0.39, 0.29) is 18.7 Å². The monoisotopic (exact) mass is 458 g/mol. The van der Waals surface area contributed by atoms with Gasteiger partial charge in [0.25, 0.3) is 5.91 Å². The predicted molar refractivity (Wildman–Crippen MR) is 100 cm³/mol. The number of nitrogens with one attached hydrogen (secondary N) is 3. The summed E-state index contributed by atoms with van der Waals surface area (Å²) in [6.45, 7) is 5.04. The summed E-state index contributed by atoms with van der Waals surface area (Å²) in [6, 6.07) is 2.06. The van der Waals surface area contributed by atoms with Gasteiger partial charge in [0, 0.05) is 4.47 Å². The number of benzene rings is 1. The van der Waals surface area contributed by atoms with E-state index < -0.39 is 41.2 Å². The predicted octanol–water partition coefficient (Wildman–Crippen LogP) is 2.52. The Balaban J connectivity index is 2.15. The molecule has 0 saturated carbocycles. The molecule has 1 heterocycles. The summed E-state index contributed by atoms with van der Waals surface area (Å²) in [5, 5.41) is 5.13. The minimum absolute atomic E-state index is 0.123. The third kappa shape index (κ3) is 4.41. The van der Waals surface area contributed by atoms with Crippen LogP contribution in [0.3, 0.4) is 0 Å². The maximum Gasteiger partial charge on any atom is 0.344 e. The van der Waals surface area contributed by atoms with E-state index in [1.165, 1.54) is 12.1 Å². The molecule has 0 aliphatic carbocycles. The summed E-state index contributed by atoms with van der Waals surface area (Å²) in [5.74, 6) is -2.65. The number of hydrogen-bond acceptors (Lipinski definition) is 5. The summed E-state index contributed by atoms with van der Waals surface area (Å²) in [4.78, 5) is 49.1. The molecule has 1 unspecified atom stereocenters. The van der Waals surface area contributed by atoms with Crippen LogP contribution in [-0.4, -0.2) is 41.1 Å². The molecule has 1 aromatic carbocycles. The molecule has 9 nitrogen and oxygen atoms in total. The zero-order valence-electron chi connectivity index (χ0n) is 15.5. The molecule has 1 saturated heterocycles. The van der Waals surface area contributed by atoms with Crippen LogP contribution >= 0.6 is 15.9 Å². The highest BCUT2D eigenvalue weighted by Crippen LogP contribution is 2.29. The Kier molecular flexibility index (Phi) is 6.60. The van der Waals surface area contributed by atoms with Crippen LogP contribution in [0.4, 0.5) is 19.7 Å². The average molecular weight is 459 g/mol. The molecule has 152 valence electrons. The van der Waals surface area contributed by atoms with E-state index >= 15 is 0 Å². The van der Waals surface area contributed by atoms with Gasteiger partial charge in [0.05, 0.1) is 18.7 Å². The van der Waals surface area contributed by atoms with Gasteiger partial charge in [-0.3, -0.25) is 9.59 Å². The van der Waals surface area contributed by atoms with Crippen molar-refractivity contribution in [2.24, 2.45) is 5.92 Å². The fourth-order valence-corrected chi connectivity index (χ4v) is 3.02. The molecule has 2 rings (SSSR count). The fraction of sp³-hybridized carbons (Fsp3) is 0.412. The van der Waals surface area contributed by atoms with Gasteiger partial charge >= 0.3 is 18.0 Å². The summed E-state index contributed by atoms with van der Waals surface area (Å²) < 4.78 is 19.2. The van der Waals surface area contributed by atoms with Gasteiger partial charge in [-0.05, 0) is 31.0 Å². The smallest absolute Gasteiger partial charge is 0.344 e. The number of imide groups is 1. The maximum absolute atomic E-state index is 13.8. The number of urea groups is 2. The zero-order chi connectivity index (χ0) is 21.1. The lowest BCUT2D eigenvalue weighted by Gasteiger charge is -2.29. The summed E-state index contributed by atoms with van der Waals surface area (Å²) in [5.41, 5.74) is 0.375. The fourth-order valence-electron chi connectivity index (χ4n) is 2.69. The molecule has 5 amide bonds. The number of ether oxygens (including phenoxy) is 1. The van der Waals surface area contributed by atoms with Crippen molar-refractivity contribution in [2.45, 2.75) is 32.7 Å². The summed E-state index contributed by atoms with van der Waals surface area (Å²) in [7, 11) is 0. The Morgan fingerprint density at radius 1 is 1.36 bits per heavy atom. The molecule has 0 bridgehead atoms. The van der Waals surface area contributed by atoms with E-state index in [9.17, 15) is 23.6 Å². The number of anilines is 1. The van der Waals surface area contributed by atoms with Crippen molar-refractivity contribution in [1.82, 2.24) is 15.8 Å². The Morgan fingerprint density at radius 3 is 2.61 bits per heavy atom. The molecule has 28 heavy (non-hydrogen) atoms. The van der Waals surface area contributed by atoms with E-state index in [4.69, 9.17) is 4.74 Å². The van der Waals surface area contributed by atoms with Crippen molar-refractivity contribution in [3.05, 3.63) is 28.5 Å². The van der Waals surface area contributed by atoms with Crippen molar-refractivity contribution in [2.75, 3.05) is 11.9 Å². The van der Waals surface area contributed by atoms with Gasteiger partial charge in [-0.15, -0.1) is 0 Å². The standard InChI is InChI=1S/C17H20BrFN4O5/c1-4-28-13(24)8-17(9(2)3)14(25)23(16(27)21-17)22-15(26)20-12-6-5-10(18)7-11(12)19/h5-7,9H,4,8H2,1-3H3,(H,21,27)(H2,20,22,26). The second-order valence-corrected chi connectivity index (χ2v) is 7.28. The van der Waals surface area contributed by atoms with E-state index in [1.807, 2.05) is 0 Å². The highest BCUT2D eigenvalue weighted by molar-refractivity contribution is 9.10. The molecular weight excluding hydrogens is 439 g/mol. The van der Waals surface area contributed by atoms with Crippen molar-refractivity contribution >= 4 is 45.6 Å². The maximum atomic E-state index is 13.8. The number of amides is 5. The number of carbonyl (C=O) groups excluding carboxylic acids is 4. The molecule has 1 atom stereocenters. The Labute approximate surface area is 169 Å². The van der Waals surface area contributed by atoms with Crippen LogP contribution in [0.15, 0.2) is 22.7 Å². The van der Waals surface area contributed by atoms with Crippen LogP contribution < -0.4 is 16.1 Å². The minimum atomic E-state index is -1.56. The van der Waals surface area contributed by atoms with E-state index in [1.54, 1.807) is 20.8 Å². The number of hydrogen-bond donors (Lipinski definition) is 3. The highest BCUT2D eigenvalue weighted by Gasteiger charge is 2.55. The number of hydrazine groups is 1. The Bertz CT molecular complexity index is 819. The molecule has 1 aliphatic rings. The third-order valence-corrected chi connectivity index (χ3v) is 4.72. The minimum Gasteiger partial charge on any atom is -0.466 e. The van der Waals surface area contributed by atoms with Crippen LogP contribution in [0.2, 0.25) is 0 Å². The highest BCUT2D eigenvalue weighted by atomic mass is 79.9. The second kappa shape index (κ2) is 8.55. The van der Waals surface area contributed by atoms with Crippen molar-refractivity contribution in [1.29, 1.82) is 0 Å². The number of esters is 1. The molecule has 1 aliphatic heterocycles. The number of halogens is 2. The number of nitrogens with zero attached hydrogens (tertiary/aromatic N) is 1. The van der Waals surface area contributed by atoms with Crippen molar-refractivity contribution in [3.63, 3.8) is 0 Å². The first kappa shape index (κ1) is 21.6. The molecule has 1 fully saturated rings. The van der Waals surface area contributed by atoms with E-state index in [2.05, 4.69) is 32.0 Å². The van der Waals surface area contributed by atoms with Gasteiger partial charge in [0.2, 0.25) is 0 Å².